The van der Waals surface area contributed by atoms with Gasteiger partial charge in [-0.2, -0.15) is 0 Å². The van der Waals surface area contributed by atoms with Crippen molar-refractivity contribution < 1.29 is 32.9 Å². The topological polar surface area (TPSA) is 86.1 Å². The zero-order valence-electron chi connectivity index (χ0n) is 20.3. The Bertz CT molecular complexity index is 1300. The Labute approximate surface area is 212 Å². The number of pyridine rings is 1. The summed E-state index contributed by atoms with van der Waals surface area (Å²) < 4.78 is 47.1. The molecule has 3 aromatic rings. The first-order valence-electron chi connectivity index (χ1n) is 11.9. The summed E-state index contributed by atoms with van der Waals surface area (Å²) in [6.45, 7) is 1.78. The highest BCUT2D eigenvalue weighted by molar-refractivity contribution is 5.84. The van der Waals surface area contributed by atoms with Crippen molar-refractivity contribution in [2.75, 3.05) is 39.8 Å². The number of nitrogens with zero attached hydrogens (tertiary/aromatic N) is 3. The second-order valence-corrected chi connectivity index (χ2v) is 8.93. The van der Waals surface area contributed by atoms with Gasteiger partial charge >= 0.3 is 5.97 Å². The minimum atomic E-state index is -1.17. The molecule has 2 heterocycles. The highest BCUT2D eigenvalue weighted by Gasteiger charge is 2.32. The largest absolute Gasteiger partial charge is 0.497 e. The molecular formula is C27H28F3N3O4. The van der Waals surface area contributed by atoms with Gasteiger partial charge in [0.1, 0.15) is 29.2 Å². The Balaban J connectivity index is 1.40. The Hall–Kier alpha value is -3.47. The van der Waals surface area contributed by atoms with Gasteiger partial charge in [0.25, 0.3) is 0 Å². The third-order valence-corrected chi connectivity index (χ3v) is 6.57. The number of aliphatic carboxylic acids is 1. The van der Waals surface area contributed by atoms with Gasteiger partial charge in [0, 0.05) is 49.2 Å². The molecule has 0 amide bonds. The molecule has 2 aromatic carbocycles. The predicted molar refractivity (Wildman–Crippen MR) is 133 cm³/mol. The van der Waals surface area contributed by atoms with Crippen LogP contribution in [0.2, 0.25) is 0 Å². The minimum Gasteiger partial charge on any atom is -0.497 e. The molecule has 1 saturated heterocycles. The molecule has 196 valence electrons. The average molecular weight is 516 g/mol. The summed E-state index contributed by atoms with van der Waals surface area (Å²) in [6, 6.07) is 7.36. The molecule has 0 aliphatic carbocycles. The van der Waals surface area contributed by atoms with Crippen molar-refractivity contribution >= 4 is 22.9 Å². The zero-order chi connectivity index (χ0) is 26.5. The van der Waals surface area contributed by atoms with E-state index in [1.807, 2.05) is 4.90 Å². The Morgan fingerprint density at radius 1 is 1.19 bits per heavy atom. The highest BCUT2D eigenvalue weighted by Crippen LogP contribution is 2.31. The molecule has 2 atom stereocenters. The number of aliphatic hydroxyl groups excluding tert-OH is 1. The fourth-order valence-corrected chi connectivity index (χ4v) is 4.58. The number of hydrogen-bond donors (Lipinski definition) is 2. The van der Waals surface area contributed by atoms with E-state index in [0.29, 0.717) is 36.3 Å². The number of carboxylic acids is 1. The van der Waals surface area contributed by atoms with Gasteiger partial charge in [0.05, 0.1) is 24.9 Å². The van der Waals surface area contributed by atoms with Crippen LogP contribution in [0.3, 0.4) is 0 Å². The van der Waals surface area contributed by atoms with E-state index in [1.165, 1.54) is 13.2 Å². The molecule has 0 radical (unpaired) electrons. The van der Waals surface area contributed by atoms with Crippen LogP contribution in [0.1, 0.15) is 23.7 Å². The molecule has 2 N–H and O–H groups in total. The van der Waals surface area contributed by atoms with Crippen LogP contribution < -0.4 is 4.74 Å². The summed E-state index contributed by atoms with van der Waals surface area (Å²) in [6.07, 6.45) is 3.15. The fourth-order valence-electron chi connectivity index (χ4n) is 4.58. The molecule has 1 aliphatic rings. The van der Waals surface area contributed by atoms with Crippen LogP contribution in [-0.4, -0.2) is 76.8 Å². The second-order valence-electron chi connectivity index (χ2n) is 8.93. The smallest absolute Gasteiger partial charge is 0.322 e. The maximum Gasteiger partial charge on any atom is 0.322 e. The lowest BCUT2D eigenvalue weighted by molar-refractivity contribution is -0.146. The number of aliphatic hydroxyl groups is 1. The van der Waals surface area contributed by atoms with Crippen molar-refractivity contribution in [1.82, 2.24) is 14.8 Å². The van der Waals surface area contributed by atoms with Crippen LogP contribution in [0.4, 0.5) is 13.2 Å². The van der Waals surface area contributed by atoms with Crippen LogP contribution in [0.25, 0.3) is 17.0 Å². The van der Waals surface area contributed by atoms with Gasteiger partial charge in [0.2, 0.25) is 0 Å². The molecular weight excluding hydrogens is 487 g/mol. The van der Waals surface area contributed by atoms with E-state index in [9.17, 15) is 28.2 Å². The van der Waals surface area contributed by atoms with E-state index in [2.05, 4.69) is 4.98 Å². The van der Waals surface area contributed by atoms with Gasteiger partial charge in [-0.15, -0.1) is 0 Å². The van der Waals surface area contributed by atoms with E-state index >= 15 is 0 Å². The van der Waals surface area contributed by atoms with E-state index in [4.69, 9.17) is 4.74 Å². The number of methoxy groups -OCH3 is 1. The maximum absolute atomic E-state index is 14.7. The van der Waals surface area contributed by atoms with Gasteiger partial charge in [0.15, 0.2) is 0 Å². The molecule has 10 heteroatoms. The van der Waals surface area contributed by atoms with E-state index in [-0.39, 0.29) is 30.6 Å². The molecule has 0 spiro atoms. The van der Waals surface area contributed by atoms with E-state index in [0.717, 1.165) is 24.4 Å². The van der Waals surface area contributed by atoms with Crippen molar-refractivity contribution in [2.45, 2.75) is 18.6 Å². The summed E-state index contributed by atoms with van der Waals surface area (Å²) >= 11 is 0. The average Bonchev–Trinajstić information content (AvgIpc) is 2.89. The number of hydrogen-bond acceptors (Lipinski definition) is 6. The Kier molecular flexibility index (Phi) is 8.42. The lowest BCUT2D eigenvalue weighted by Gasteiger charge is -2.39. The Morgan fingerprint density at radius 3 is 2.76 bits per heavy atom. The standard InChI is InChI=1S/C27H28F3N3O4/c1-37-19-5-7-23-20(14-19)26(22(30)15-31-23)25(34)8-10-33-12-11-32(16-24(33)27(35)36)9-2-3-17-13-18(28)4-6-21(17)29/h2-7,13-15,24-25,34H,8-12,16H2,1H3,(H,35,36)/b3-2+/t24-,25?/m1/s1. The van der Waals surface area contributed by atoms with Crippen molar-refractivity contribution in [2.24, 2.45) is 0 Å². The second kappa shape index (κ2) is 11.7. The molecule has 4 rings (SSSR count). The number of fused-ring (bicyclic) bond motifs is 1. The lowest BCUT2D eigenvalue weighted by atomic mass is 10.00. The Morgan fingerprint density at radius 2 is 2.00 bits per heavy atom. The van der Waals surface area contributed by atoms with Crippen molar-refractivity contribution in [3.63, 3.8) is 0 Å². The third kappa shape index (κ3) is 6.27. The van der Waals surface area contributed by atoms with Crippen molar-refractivity contribution in [1.29, 1.82) is 0 Å². The number of halogens is 3. The fraction of sp³-hybridized carbons (Fsp3) is 0.333. The van der Waals surface area contributed by atoms with Gasteiger partial charge in [-0.1, -0.05) is 12.2 Å². The van der Waals surface area contributed by atoms with E-state index < -0.39 is 35.6 Å². The molecule has 0 saturated carbocycles. The number of piperazine rings is 1. The molecule has 0 bridgehead atoms. The number of carbonyl (C=O) groups is 1. The van der Waals surface area contributed by atoms with Crippen LogP contribution >= 0.6 is 0 Å². The maximum atomic E-state index is 14.7. The molecule has 1 aromatic heterocycles. The number of carboxylic acid groups (broad SMARTS) is 1. The summed E-state index contributed by atoms with van der Waals surface area (Å²) in [5.74, 6) is -2.23. The molecule has 7 nitrogen and oxygen atoms in total. The molecule has 1 fully saturated rings. The first-order chi connectivity index (χ1) is 17.8. The van der Waals surface area contributed by atoms with Crippen LogP contribution in [0.15, 0.2) is 48.7 Å². The lowest BCUT2D eigenvalue weighted by Crippen LogP contribution is -2.56. The van der Waals surface area contributed by atoms with Gasteiger partial charge < -0.3 is 14.9 Å². The summed E-state index contributed by atoms with van der Waals surface area (Å²) in [7, 11) is 1.49. The minimum absolute atomic E-state index is 0.101. The predicted octanol–water partition coefficient (Wildman–Crippen LogP) is 3.87. The highest BCUT2D eigenvalue weighted by atomic mass is 19.1. The summed E-state index contributed by atoms with van der Waals surface area (Å²) in [5, 5.41) is 21.1. The first-order valence-corrected chi connectivity index (χ1v) is 11.9. The van der Waals surface area contributed by atoms with Crippen LogP contribution in [0, 0.1) is 17.5 Å². The number of ether oxygens (including phenoxy) is 1. The van der Waals surface area contributed by atoms with Crippen LogP contribution in [0.5, 0.6) is 5.75 Å². The normalized spacial score (nSPS) is 17.9. The monoisotopic (exact) mass is 515 g/mol. The SMILES string of the molecule is COc1ccc2ncc(F)c(C(O)CCN3CCN(C/C=C/c4cc(F)ccc4F)C[C@@H]3C(=O)O)c2c1. The first kappa shape index (κ1) is 26.6. The summed E-state index contributed by atoms with van der Waals surface area (Å²) in [4.78, 5) is 19.7. The van der Waals surface area contributed by atoms with Crippen molar-refractivity contribution in [3.05, 3.63) is 77.2 Å². The van der Waals surface area contributed by atoms with Crippen molar-refractivity contribution in [3.8, 4) is 5.75 Å². The summed E-state index contributed by atoms with van der Waals surface area (Å²) in [5.41, 5.74) is 0.736. The number of rotatable bonds is 9. The molecule has 37 heavy (non-hydrogen) atoms. The zero-order valence-corrected chi connectivity index (χ0v) is 20.3. The van der Waals surface area contributed by atoms with Gasteiger partial charge in [-0.05, 0) is 42.8 Å². The number of benzene rings is 2. The third-order valence-electron chi connectivity index (χ3n) is 6.57. The van der Waals surface area contributed by atoms with Gasteiger partial charge in [-0.3, -0.25) is 19.6 Å². The molecule has 1 aliphatic heterocycles. The van der Waals surface area contributed by atoms with E-state index in [1.54, 1.807) is 29.2 Å². The quantitative estimate of drug-likeness (QED) is 0.448. The number of aromatic nitrogens is 1. The van der Waals surface area contributed by atoms with Gasteiger partial charge in [-0.25, -0.2) is 13.2 Å². The van der Waals surface area contributed by atoms with Crippen LogP contribution in [-0.2, 0) is 4.79 Å². The molecule has 1 unspecified atom stereocenters.